The molecule has 28 heavy (non-hydrogen) atoms. The second kappa shape index (κ2) is 8.13. The highest BCUT2D eigenvalue weighted by Crippen LogP contribution is 2.31. The Morgan fingerprint density at radius 3 is 2.29 bits per heavy atom. The summed E-state index contributed by atoms with van der Waals surface area (Å²) in [5, 5.41) is 0. The van der Waals surface area contributed by atoms with Crippen LogP contribution in [0.4, 0.5) is 18.9 Å². The molecule has 4 nitrogen and oxygen atoms in total. The fourth-order valence-corrected chi connectivity index (χ4v) is 4.54. The number of nitrogens with zero attached hydrogens (tertiary/aromatic N) is 1. The molecule has 1 aliphatic rings. The van der Waals surface area contributed by atoms with Gasteiger partial charge in [0.05, 0.1) is 10.5 Å². The Morgan fingerprint density at radius 2 is 1.71 bits per heavy atom. The molecule has 0 radical (unpaired) electrons. The molecule has 2 aromatic carbocycles. The maximum absolute atomic E-state index is 12.6. The van der Waals surface area contributed by atoms with Crippen molar-refractivity contribution in [2.75, 3.05) is 24.4 Å². The first-order valence-corrected chi connectivity index (χ1v) is 10.7. The molecule has 3 rings (SSSR count). The van der Waals surface area contributed by atoms with Crippen molar-refractivity contribution in [1.29, 1.82) is 0 Å². The Balaban J connectivity index is 1.68. The van der Waals surface area contributed by atoms with Gasteiger partial charge >= 0.3 is 6.18 Å². The van der Waals surface area contributed by atoms with Crippen LogP contribution in [0, 0.1) is 0 Å². The van der Waals surface area contributed by atoms with E-state index < -0.39 is 21.8 Å². The predicted octanol–water partition coefficient (Wildman–Crippen LogP) is 4.71. The molecule has 2 aromatic rings. The third kappa shape index (κ3) is 4.86. The van der Waals surface area contributed by atoms with Gasteiger partial charge in [-0.2, -0.15) is 13.2 Å². The molecule has 0 bridgehead atoms. The van der Waals surface area contributed by atoms with Gasteiger partial charge in [-0.1, -0.05) is 19.1 Å². The molecule has 1 N–H and O–H groups in total. The molecule has 0 saturated carbocycles. The van der Waals surface area contributed by atoms with Gasteiger partial charge in [-0.05, 0) is 73.8 Å². The first kappa shape index (κ1) is 20.7. The summed E-state index contributed by atoms with van der Waals surface area (Å²) < 4.78 is 65.1. The number of hydrogen-bond acceptors (Lipinski definition) is 3. The minimum atomic E-state index is -4.50. The van der Waals surface area contributed by atoms with Crippen LogP contribution < -0.4 is 4.72 Å². The third-order valence-corrected chi connectivity index (χ3v) is 6.34. The van der Waals surface area contributed by atoms with Crippen LogP contribution in [0.1, 0.15) is 36.8 Å². The Kier molecular flexibility index (Phi) is 6.00. The van der Waals surface area contributed by atoms with E-state index in [4.69, 9.17) is 0 Å². The number of anilines is 1. The van der Waals surface area contributed by atoms with Gasteiger partial charge in [-0.25, -0.2) is 8.42 Å². The van der Waals surface area contributed by atoms with E-state index in [1.165, 1.54) is 0 Å². The molecule has 1 aliphatic heterocycles. The lowest BCUT2D eigenvalue weighted by Crippen LogP contribution is -2.20. The van der Waals surface area contributed by atoms with E-state index in [0.717, 1.165) is 62.3 Å². The maximum Gasteiger partial charge on any atom is 0.416 e. The first-order valence-electron chi connectivity index (χ1n) is 9.21. The number of likely N-dealkylation sites (tertiary alicyclic amines) is 1. The molecule has 152 valence electrons. The van der Waals surface area contributed by atoms with Crippen molar-refractivity contribution in [2.45, 2.75) is 36.8 Å². The summed E-state index contributed by atoms with van der Waals surface area (Å²) in [6.45, 7) is 5.32. The average molecular weight is 412 g/mol. The number of alkyl halides is 3. The Hall–Kier alpha value is -2.06. The smallest absolute Gasteiger partial charge is 0.303 e. The lowest BCUT2D eigenvalue weighted by molar-refractivity contribution is -0.137. The van der Waals surface area contributed by atoms with E-state index in [1.54, 1.807) is 12.1 Å². The average Bonchev–Trinajstić information content (AvgIpc) is 3.10. The molecule has 1 saturated heterocycles. The van der Waals surface area contributed by atoms with E-state index in [9.17, 15) is 21.6 Å². The number of sulfonamides is 1. The molecule has 0 amide bonds. The number of nitrogens with one attached hydrogen (secondary N) is 1. The van der Waals surface area contributed by atoms with Gasteiger partial charge in [-0.3, -0.25) is 4.72 Å². The van der Waals surface area contributed by atoms with Gasteiger partial charge in [0.25, 0.3) is 10.0 Å². The van der Waals surface area contributed by atoms with Crippen molar-refractivity contribution in [2.24, 2.45) is 0 Å². The molecule has 0 aromatic heterocycles. The van der Waals surface area contributed by atoms with E-state index >= 15 is 0 Å². The van der Waals surface area contributed by atoms with Crippen LogP contribution in [0.3, 0.4) is 0 Å². The van der Waals surface area contributed by atoms with Crippen molar-refractivity contribution in [3.05, 3.63) is 59.7 Å². The summed E-state index contributed by atoms with van der Waals surface area (Å²) in [6, 6.07) is 10.6. The summed E-state index contributed by atoms with van der Waals surface area (Å²) in [7, 11) is -3.95. The molecular formula is C20H23F3N2O2S. The summed E-state index contributed by atoms with van der Waals surface area (Å²) in [5.41, 5.74) is 0.660. The van der Waals surface area contributed by atoms with Crippen molar-refractivity contribution in [1.82, 2.24) is 4.90 Å². The van der Waals surface area contributed by atoms with E-state index in [-0.39, 0.29) is 4.90 Å². The minimum absolute atomic E-state index is 0.212. The van der Waals surface area contributed by atoms with Crippen LogP contribution in [0.2, 0.25) is 0 Å². The van der Waals surface area contributed by atoms with Crippen molar-refractivity contribution < 1.29 is 21.6 Å². The Morgan fingerprint density at radius 1 is 1.07 bits per heavy atom. The van der Waals surface area contributed by atoms with Gasteiger partial charge in [0.1, 0.15) is 0 Å². The lowest BCUT2D eigenvalue weighted by Gasteiger charge is -2.15. The zero-order valence-corrected chi connectivity index (χ0v) is 16.4. The highest BCUT2D eigenvalue weighted by atomic mass is 32.2. The summed E-state index contributed by atoms with van der Waals surface area (Å²) in [5.74, 6) is 0.437. The van der Waals surface area contributed by atoms with Crippen LogP contribution in [-0.4, -0.2) is 33.0 Å². The van der Waals surface area contributed by atoms with Crippen LogP contribution in [0.25, 0.3) is 0 Å². The number of hydrogen-bond donors (Lipinski definition) is 1. The topological polar surface area (TPSA) is 49.4 Å². The third-order valence-electron chi connectivity index (χ3n) is 4.94. The fourth-order valence-electron chi connectivity index (χ4n) is 3.48. The predicted molar refractivity (Wildman–Crippen MR) is 103 cm³/mol. The second-order valence-corrected chi connectivity index (χ2v) is 8.72. The van der Waals surface area contributed by atoms with Gasteiger partial charge in [0, 0.05) is 12.2 Å². The van der Waals surface area contributed by atoms with Crippen molar-refractivity contribution in [3.8, 4) is 0 Å². The number of rotatable bonds is 6. The van der Waals surface area contributed by atoms with Crippen LogP contribution in [0.5, 0.6) is 0 Å². The van der Waals surface area contributed by atoms with Crippen LogP contribution in [-0.2, 0) is 16.2 Å². The van der Waals surface area contributed by atoms with Gasteiger partial charge < -0.3 is 4.90 Å². The Labute approximate surface area is 163 Å². The molecular weight excluding hydrogens is 389 g/mol. The van der Waals surface area contributed by atoms with Gasteiger partial charge in [-0.15, -0.1) is 0 Å². The number of halogens is 3. The Bertz CT molecular complexity index is 895. The highest BCUT2D eigenvalue weighted by molar-refractivity contribution is 7.92. The first-order chi connectivity index (χ1) is 13.2. The molecule has 0 unspecified atom stereocenters. The molecule has 0 aliphatic carbocycles. The molecule has 8 heteroatoms. The van der Waals surface area contributed by atoms with Crippen molar-refractivity contribution >= 4 is 15.7 Å². The van der Waals surface area contributed by atoms with E-state index in [2.05, 4.69) is 16.5 Å². The standard InChI is InChI=1S/C20H23F3N2O2S/c1-2-12-25-13-11-16(14-25)15-3-7-18(8-4-15)24-28(26,27)19-9-5-17(6-10-19)20(21,22)23/h3-10,16,24H,2,11-14H2,1H3/t16-/m1/s1. The normalized spacial score (nSPS) is 18.4. The van der Waals surface area contributed by atoms with E-state index in [1.807, 2.05) is 12.1 Å². The zero-order chi connectivity index (χ0) is 20.4. The lowest BCUT2D eigenvalue weighted by atomic mass is 9.98. The highest BCUT2D eigenvalue weighted by Gasteiger charge is 2.30. The number of benzene rings is 2. The quantitative estimate of drug-likeness (QED) is 0.748. The summed E-state index contributed by atoms with van der Waals surface area (Å²) in [6.07, 6.45) is -2.30. The molecule has 1 fully saturated rings. The summed E-state index contributed by atoms with van der Waals surface area (Å²) in [4.78, 5) is 2.21. The maximum atomic E-state index is 12.6. The van der Waals surface area contributed by atoms with Gasteiger partial charge in [0.15, 0.2) is 0 Å². The fraction of sp³-hybridized carbons (Fsp3) is 0.400. The van der Waals surface area contributed by atoms with Crippen molar-refractivity contribution in [3.63, 3.8) is 0 Å². The monoisotopic (exact) mass is 412 g/mol. The zero-order valence-electron chi connectivity index (χ0n) is 15.5. The molecule has 1 atom stereocenters. The molecule has 0 spiro atoms. The summed E-state index contributed by atoms with van der Waals surface area (Å²) >= 11 is 0. The van der Waals surface area contributed by atoms with Crippen LogP contribution >= 0.6 is 0 Å². The molecule has 1 heterocycles. The van der Waals surface area contributed by atoms with E-state index in [0.29, 0.717) is 11.6 Å². The largest absolute Gasteiger partial charge is 0.416 e. The minimum Gasteiger partial charge on any atom is -0.303 e. The SMILES string of the molecule is CCCN1CC[C@@H](c2ccc(NS(=O)(=O)c3ccc(C(F)(F)F)cc3)cc2)C1. The van der Waals surface area contributed by atoms with Gasteiger partial charge in [0.2, 0.25) is 0 Å². The second-order valence-electron chi connectivity index (χ2n) is 7.04. The van der Waals surface area contributed by atoms with Crippen LogP contribution in [0.15, 0.2) is 53.4 Å².